The van der Waals surface area contributed by atoms with Crippen LogP contribution in [0.4, 0.5) is 5.69 Å². The van der Waals surface area contributed by atoms with Gasteiger partial charge in [-0.3, -0.25) is 9.59 Å². The average molecular weight is 372 g/mol. The first kappa shape index (κ1) is 18.1. The molecule has 6 nitrogen and oxygen atoms in total. The van der Waals surface area contributed by atoms with E-state index in [4.69, 9.17) is 0 Å². The second-order valence-corrected chi connectivity index (χ2v) is 8.54. The van der Waals surface area contributed by atoms with E-state index in [2.05, 4.69) is 10.6 Å². The predicted octanol–water partition coefficient (Wildman–Crippen LogP) is 1.92. The molecule has 0 spiro atoms. The number of carbonyl (C=O) groups excluding carboxylic acids is 2. The van der Waals surface area contributed by atoms with Gasteiger partial charge in [-0.25, -0.2) is 8.42 Å². The fraction of sp³-hybridized carbons (Fsp3) is 0.263. The monoisotopic (exact) mass is 372 g/mol. The Bertz CT molecular complexity index is 882. The van der Waals surface area contributed by atoms with Gasteiger partial charge in [0.05, 0.1) is 17.4 Å². The molecule has 2 unspecified atom stereocenters. The summed E-state index contributed by atoms with van der Waals surface area (Å²) in [5.74, 6) is -1.56. The zero-order valence-electron chi connectivity index (χ0n) is 14.1. The molecule has 136 valence electrons. The van der Waals surface area contributed by atoms with E-state index in [-0.39, 0.29) is 23.8 Å². The second-order valence-electron chi connectivity index (χ2n) is 6.31. The number of nitrogens with one attached hydrogen (secondary N) is 2. The summed E-state index contributed by atoms with van der Waals surface area (Å²) < 4.78 is 23.2. The summed E-state index contributed by atoms with van der Waals surface area (Å²) in [4.78, 5) is 25.3. The molecular formula is C19H20N2O4S. The van der Waals surface area contributed by atoms with E-state index >= 15 is 0 Å². The highest BCUT2D eigenvalue weighted by atomic mass is 32.2. The molecule has 3 rings (SSSR count). The number of amides is 2. The first-order valence-electron chi connectivity index (χ1n) is 8.36. The topological polar surface area (TPSA) is 92.3 Å². The number of hydrogen-bond donors (Lipinski definition) is 2. The highest BCUT2D eigenvalue weighted by molar-refractivity contribution is 7.91. The van der Waals surface area contributed by atoms with Crippen molar-refractivity contribution in [3.05, 3.63) is 66.2 Å². The fourth-order valence-electron chi connectivity index (χ4n) is 2.94. The van der Waals surface area contributed by atoms with Crippen molar-refractivity contribution in [2.75, 3.05) is 16.8 Å². The van der Waals surface area contributed by atoms with Gasteiger partial charge in [-0.1, -0.05) is 48.5 Å². The first-order valence-corrected chi connectivity index (χ1v) is 10.2. The molecule has 2 aromatic carbocycles. The Morgan fingerprint density at radius 2 is 1.58 bits per heavy atom. The molecule has 7 heteroatoms. The van der Waals surface area contributed by atoms with Crippen LogP contribution in [0.2, 0.25) is 0 Å². The summed E-state index contributed by atoms with van der Waals surface area (Å²) in [5.41, 5.74) is 1.26. The minimum absolute atomic E-state index is 0.0112. The van der Waals surface area contributed by atoms with Gasteiger partial charge in [-0.05, 0) is 24.1 Å². The van der Waals surface area contributed by atoms with E-state index in [9.17, 15) is 18.0 Å². The van der Waals surface area contributed by atoms with Gasteiger partial charge < -0.3 is 10.6 Å². The van der Waals surface area contributed by atoms with Crippen LogP contribution in [0.25, 0.3) is 0 Å². The van der Waals surface area contributed by atoms with Gasteiger partial charge in [0, 0.05) is 5.69 Å². The van der Waals surface area contributed by atoms with Crippen molar-refractivity contribution < 1.29 is 18.0 Å². The lowest BCUT2D eigenvalue weighted by Gasteiger charge is -2.20. The maximum absolute atomic E-state index is 12.7. The molecule has 1 aliphatic heterocycles. The number of benzene rings is 2. The van der Waals surface area contributed by atoms with E-state index in [1.807, 2.05) is 12.1 Å². The Labute approximate surface area is 152 Å². The summed E-state index contributed by atoms with van der Waals surface area (Å²) in [7, 11) is -3.17. The molecular weight excluding hydrogens is 352 g/mol. The van der Waals surface area contributed by atoms with Crippen LogP contribution in [0.5, 0.6) is 0 Å². The summed E-state index contributed by atoms with van der Waals surface area (Å²) >= 11 is 0. The lowest BCUT2D eigenvalue weighted by molar-refractivity contribution is -0.128. The van der Waals surface area contributed by atoms with Gasteiger partial charge in [0.15, 0.2) is 9.84 Å². The third-order valence-corrected chi connectivity index (χ3v) is 6.09. The number of anilines is 1. The van der Waals surface area contributed by atoms with Crippen LogP contribution in [-0.4, -0.2) is 31.7 Å². The van der Waals surface area contributed by atoms with Crippen LogP contribution < -0.4 is 10.6 Å². The second kappa shape index (κ2) is 7.70. The Balaban J connectivity index is 1.78. The lowest BCUT2D eigenvalue weighted by atomic mass is 10.0. The van der Waals surface area contributed by atoms with E-state index in [0.717, 1.165) is 0 Å². The van der Waals surface area contributed by atoms with Crippen LogP contribution in [0.1, 0.15) is 18.0 Å². The number of sulfone groups is 1. The number of para-hydroxylation sites is 1. The summed E-state index contributed by atoms with van der Waals surface area (Å²) in [6.07, 6.45) is 0.288. The molecule has 26 heavy (non-hydrogen) atoms. The summed E-state index contributed by atoms with van der Waals surface area (Å²) in [5, 5.41) is 5.50. The molecule has 2 atom stereocenters. The van der Waals surface area contributed by atoms with Gasteiger partial charge in [0.1, 0.15) is 6.04 Å². The third kappa shape index (κ3) is 4.49. The molecule has 0 saturated carbocycles. The first-order chi connectivity index (χ1) is 12.4. The van der Waals surface area contributed by atoms with Gasteiger partial charge >= 0.3 is 0 Å². The molecule has 1 fully saturated rings. The lowest BCUT2D eigenvalue weighted by Crippen LogP contribution is -2.40. The fourth-order valence-corrected chi connectivity index (χ4v) is 4.68. The largest absolute Gasteiger partial charge is 0.340 e. The van der Waals surface area contributed by atoms with Crippen molar-refractivity contribution in [2.45, 2.75) is 12.5 Å². The SMILES string of the molecule is O=C(NC(C(=O)Nc1ccccc1)c1ccccc1)C1CCS(=O)(=O)C1. The van der Waals surface area contributed by atoms with E-state index in [1.54, 1.807) is 48.5 Å². The maximum atomic E-state index is 12.7. The van der Waals surface area contributed by atoms with E-state index in [0.29, 0.717) is 11.3 Å². The summed E-state index contributed by atoms with van der Waals surface area (Å²) in [6, 6.07) is 16.9. The number of hydrogen-bond acceptors (Lipinski definition) is 4. The Kier molecular flexibility index (Phi) is 5.37. The summed E-state index contributed by atoms with van der Waals surface area (Å²) in [6.45, 7) is 0. The quantitative estimate of drug-likeness (QED) is 0.839. The molecule has 2 N–H and O–H groups in total. The van der Waals surface area contributed by atoms with E-state index in [1.165, 1.54) is 0 Å². The highest BCUT2D eigenvalue weighted by Crippen LogP contribution is 2.21. The van der Waals surface area contributed by atoms with Crippen LogP contribution in [-0.2, 0) is 19.4 Å². The van der Waals surface area contributed by atoms with Crippen molar-refractivity contribution in [1.29, 1.82) is 0 Å². The zero-order chi connectivity index (χ0) is 18.6. The molecule has 1 saturated heterocycles. The van der Waals surface area contributed by atoms with Gasteiger partial charge in [-0.2, -0.15) is 0 Å². The van der Waals surface area contributed by atoms with Gasteiger partial charge in [-0.15, -0.1) is 0 Å². The number of rotatable bonds is 5. The third-order valence-electron chi connectivity index (χ3n) is 4.33. The van der Waals surface area contributed by atoms with Crippen LogP contribution in [0.3, 0.4) is 0 Å². The van der Waals surface area contributed by atoms with Gasteiger partial charge in [0.25, 0.3) is 5.91 Å². The van der Waals surface area contributed by atoms with Crippen LogP contribution in [0.15, 0.2) is 60.7 Å². The molecule has 2 aromatic rings. The normalized spacial score (nSPS) is 19.5. The molecule has 1 heterocycles. The van der Waals surface area contributed by atoms with Crippen molar-refractivity contribution >= 4 is 27.3 Å². The minimum atomic E-state index is -3.17. The number of carbonyl (C=O) groups is 2. The van der Waals surface area contributed by atoms with Crippen LogP contribution >= 0.6 is 0 Å². The molecule has 1 aliphatic rings. The highest BCUT2D eigenvalue weighted by Gasteiger charge is 2.35. The van der Waals surface area contributed by atoms with Crippen molar-refractivity contribution in [2.24, 2.45) is 5.92 Å². The average Bonchev–Trinajstić information content (AvgIpc) is 3.01. The molecule has 0 radical (unpaired) electrons. The van der Waals surface area contributed by atoms with Crippen molar-refractivity contribution in [3.63, 3.8) is 0 Å². The van der Waals surface area contributed by atoms with Crippen molar-refractivity contribution in [1.82, 2.24) is 5.32 Å². The zero-order valence-corrected chi connectivity index (χ0v) is 14.9. The molecule has 0 bridgehead atoms. The van der Waals surface area contributed by atoms with Crippen LogP contribution in [0, 0.1) is 5.92 Å². The Morgan fingerprint density at radius 1 is 0.962 bits per heavy atom. The van der Waals surface area contributed by atoms with Crippen molar-refractivity contribution in [3.8, 4) is 0 Å². The van der Waals surface area contributed by atoms with Gasteiger partial charge in [0.2, 0.25) is 5.91 Å². The standard InChI is InChI=1S/C19H20N2O4S/c22-18(15-11-12-26(24,25)13-15)21-17(14-7-3-1-4-8-14)19(23)20-16-9-5-2-6-10-16/h1-10,15,17H,11-13H2,(H,20,23)(H,21,22). The van der Waals surface area contributed by atoms with E-state index < -0.39 is 27.7 Å². The Hall–Kier alpha value is -2.67. The Morgan fingerprint density at radius 3 is 2.15 bits per heavy atom. The molecule has 0 aliphatic carbocycles. The maximum Gasteiger partial charge on any atom is 0.251 e. The molecule has 0 aromatic heterocycles. The molecule has 2 amide bonds. The smallest absolute Gasteiger partial charge is 0.251 e. The predicted molar refractivity (Wildman–Crippen MR) is 99.2 cm³/mol. The minimum Gasteiger partial charge on any atom is -0.340 e.